The molecule has 2 heterocycles. The number of fused-ring (bicyclic) bond motifs is 1. The Morgan fingerprint density at radius 1 is 1.36 bits per heavy atom. The van der Waals surface area contributed by atoms with E-state index >= 15 is 0 Å². The van der Waals surface area contributed by atoms with Gasteiger partial charge in [-0.3, -0.25) is 4.31 Å². The first-order valence-corrected chi connectivity index (χ1v) is 9.27. The molecular formula is C16H21NO4S. The second kappa shape index (κ2) is 5.83. The fourth-order valence-corrected chi connectivity index (χ4v) is 4.49. The maximum Gasteiger partial charge on any atom is 0.235 e. The maximum atomic E-state index is 12.2. The molecule has 0 bridgehead atoms. The van der Waals surface area contributed by atoms with Crippen LogP contribution in [-0.2, 0) is 16.4 Å². The van der Waals surface area contributed by atoms with Crippen LogP contribution in [0.25, 0.3) is 11.0 Å². The van der Waals surface area contributed by atoms with Crippen molar-refractivity contribution in [1.82, 2.24) is 0 Å². The topological polar surface area (TPSA) is 59.8 Å². The van der Waals surface area contributed by atoms with Crippen molar-refractivity contribution in [2.75, 3.05) is 23.7 Å². The van der Waals surface area contributed by atoms with Crippen LogP contribution in [0.15, 0.2) is 22.6 Å². The number of anilines is 1. The fourth-order valence-electron chi connectivity index (χ4n) is 2.92. The zero-order valence-corrected chi connectivity index (χ0v) is 13.8. The highest BCUT2D eigenvalue weighted by Gasteiger charge is 2.31. The smallest absolute Gasteiger partial charge is 0.235 e. The third-order valence-corrected chi connectivity index (χ3v) is 5.89. The van der Waals surface area contributed by atoms with Gasteiger partial charge in [0, 0.05) is 13.0 Å². The third-order valence-electron chi connectivity index (χ3n) is 4.03. The molecule has 2 aromatic rings. The second-order valence-corrected chi connectivity index (χ2v) is 7.60. The van der Waals surface area contributed by atoms with Crippen molar-refractivity contribution in [3.05, 3.63) is 24.0 Å². The number of unbranched alkanes of at least 4 members (excludes halogenated alkanes) is 1. The molecule has 0 N–H and O–H groups in total. The highest BCUT2D eigenvalue weighted by atomic mass is 32.2. The first kappa shape index (κ1) is 15.2. The van der Waals surface area contributed by atoms with E-state index in [9.17, 15) is 8.42 Å². The first-order valence-electron chi connectivity index (χ1n) is 7.66. The summed E-state index contributed by atoms with van der Waals surface area (Å²) in [7, 11) is -1.66. The van der Waals surface area contributed by atoms with Crippen molar-refractivity contribution >= 4 is 26.7 Å². The molecule has 120 valence electrons. The van der Waals surface area contributed by atoms with E-state index in [-0.39, 0.29) is 5.75 Å². The lowest BCUT2D eigenvalue weighted by Gasteiger charge is -2.19. The molecule has 1 aromatic heterocycles. The molecule has 1 aliphatic rings. The minimum atomic E-state index is -3.23. The Morgan fingerprint density at radius 3 is 2.82 bits per heavy atom. The molecule has 0 amide bonds. The van der Waals surface area contributed by atoms with Crippen LogP contribution in [0.2, 0.25) is 0 Å². The summed E-state index contributed by atoms with van der Waals surface area (Å²) in [6.45, 7) is 2.64. The summed E-state index contributed by atoms with van der Waals surface area (Å²) in [5.41, 5.74) is 1.35. The quantitative estimate of drug-likeness (QED) is 0.847. The van der Waals surface area contributed by atoms with Crippen molar-refractivity contribution in [1.29, 1.82) is 0 Å². The number of hydrogen-bond acceptors (Lipinski definition) is 4. The van der Waals surface area contributed by atoms with Crippen molar-refractivity contribution in [2.24, 2.45) is 0 Å². The van der Waals surface area contributed by atoms with Crippen molar-refractivity contribution < 1.29 is 17.6 Å². The lowest BCUT2D eigenvalue weighted by Crippen LogP contribution is -2.25. The van der Waals surface area contributed by atoms with Crippen LogP contribution in [0, 0.1) is 0 Å². The van der Waals surface area contributed by atoms with E-state index in [1.807, 2.05) is 12.1 Å². The van der Waals surface area contributed by atoms with Gasteiger partial charge >= 0.3 is 0 Å². The van der Waals surface area contributed by atoms with Gasteiger partial charge in [-0.25, -0.2) is 8.42 Å². The number of aryl methyl sites for hydroxylation is 1. The van der Waals surface area contributed by atoms with E-state index in [0.29, 0.717) is 24.4 Å². The molecule has 1 fully saturated rings. The summed E-state index contributed by atoms with van der Waals surface area (Å²) >= 11 is 0. The highest BCUT2D eigenvalue weighted by molar-refractivity contribution is 7.93. The van der Waals surface area contributed by atoms with Gasteiger partial charge in [0.25, 0.3) is 0 Å². The van der Waals surface area contributed by atoms with Gasteiger partial charge in [-0.15, -0.1) is 0 Å². The normalized spacial score (nSPS) is 17.3. The predicted octanol–water partition coefficient (Wildman–Crippen LogP) is 3.32. The number of rotatable bonds is 5. The van der Waals surface area contributed by atoms with Crippen LogP contribution in [0.4, 0.5) is 5.69 Å². The molecule has 0 unspecified atom stereocenters. The lowest BCUT2D eigenvalue weighted by molar-refractivity contribution is 0.420. The molecule has 0 aliphatic carbocycles. The molecule has 0 saturated carbocycles. The molecule has 0 atom stereocenters. The molecule has 0 spiro atoms. The number of furan rings is 1. The van der Waals surface area contributed by atoms with Gasteiger partial charge in [0.15, 0.2) is 5.75 Å². The van der Waals surface area contributed by atoms with Gasteiger partial charge in [-0.1, -0.05) is 13.3 Å². The van der Waals surface area contributed by atoms with E-state index in [0.717, 1.165) is 36.0 Å². The summed E-state index contributed by atoms with van der Waals surface area (Å²) in [5.74, 6) is 1.69. The number of sulfonamides is 1. The lowest BCUT2D eigenvalue weighted by atomic mass is 10.1. The average Bonchev–Trinajstić information content (AvgIpc) is 3.06. The Kier molecular flexibility index (Phi) is 4.04. The molecule has 22 heavy (non-hydrogen) atoms. The third kappa shape index (κ3) is 2.56. The summed E-state index contributed by atoms with van der Waals surface area (Å²) in [6, 6.07) is 5.57. The molecule has 0 radical (unpaired) electrons. The Morgan fingerprint density at radius 2 is 2.18 bits per heavy atom. The minimum absolute atomic E-state index is 0.196. The van der Waals surface area contributed by atoms with Gasteiger partial charge in [0.05, 0.1) is 23.9 Å². The fraction of sp³-hybridized carbons (Fsp3) is 0.500. The zero-order valence-electron chi connectivity index (χ0n) is 13.0. The van der Waals surface area contributed by atoms with Crippen LogP contribution >= 0.6 is 0 Å². The zero-order chi connectivity index (χ0) is 15.7. The van der Waals surface area contributed by atoms with Gasteiger partial charge < -0.3 is 9.15 Å². The van der Waals surface area contributed by atoms with Crippen molar-refractivity contribution in [2.45, 2.75) is 32.6 Å². The monoisotopic (exact) mass is 323 g/mol. The molecule has 1 saturated heterocycles. The molecule has 1 aliphatic heterocycles. The molecule has 3 rings (SSSR count). The summed E-state index contributed by atoms with van der Waals surface area (Å²) in [4.78, 5) is 0. The minimum Gasteiger partial charge on any atom is -0.494 e. The highest BCUT2D eigenvalue weighted by Crippen LogP contribution is 2.40. The molecule has 6 heteroatoms. The number of benzene rings is 1. The molecule has 1 aromatic carbocycles. The standard InChI is InChI=1S/C16H21NO4S/c1-3-4-6-12-11-13-15(21-12)8-7-14(16(13)20-2)17-9-5-10-22(17,18)19/h7-8,11H,3-6,9-10H2,1-2H3. The van der Waals surface area contributed by atoms with Gasteiger partial charge in [-0.05, 0) is 31.0 Å². The largest absolute Gasteiger partial charge is 0.494 e. The van der Waals surface area contributed by atoms with Crippen LogP contribution in [0.1, 0.15) is 31.9 Å². The maximum absolute atomic E-state index is 12.2. The Hall–Kier alpha value is -1.69. The van der Waals surface area contributed by atoms with Gasteiger partial charge in [-0.2, -0.15) is 0 Å². The first-order chi connectivity index (χ1) is 10.6. The average molecular weight is 323 g/mol. The number of ether oxygens (including phenoxy) is 1. The predicted molar refractivity (Wildman–Crippen MR) is 87.1 cm³/mol. The summed E-state index contributed by atoms with van der Waals surface area (Å²) < 4.78 is 37.1. The van der Waals surface area contributed by atoms with Crippen molar-refractivity contribution in [3.8, 4) is 5.75 Å². The van der Waals surface area contributed by atoms with E-state index in [1.54, 1.807) is 13.2 Å². The number of hydrogen-bond donors (Lipinski definition) is 0. The van der Waals surface area contributed by atoms with Gasteiger partial charge in [0.2, 0.25) is 10.0 Å². The van der Waals surface area contributed by atoms with E-state index in [1.165, 1.54) is 4.31 Å². The van der Waals surface area contributed by atoms with E-state index in [4.69, 9.17) is 9.15 Å². The Labute approximate surface area is 130 Å². The molecular weight excluding hydrogens is 302 g/mol. The Bertz CT molecular complexity index is 779. The van der Waals surface area contributed by atoms with Crippen LogP contribution < -0.4 is 9.04 Å². The summed E-state index contributed by atoms with van der Waals surface area (Å²) in [6.07, 6.45) is 3.70. The summed E-state index contributed by atoms with van der Waals surface area (Å²) in [5, 5.41) is 0.841. The molecule has 5 nitrogen and oxygen atoms in total. The number of nitrogens with zero attached hydrogens (tertiary/aromatic N) is 1. The van der Waals surface area contributed by atoms with Crippen LogP contribution in [0.5, 0.6) is 5.75 Å². The van der Waals surface area contributed by atoms with Crippen LogP contribution in [-0.4, -0.2) is 27.8 Å². The number of methoxy groups -OCH3 is 1. The SMILES string of the molecule is CCCCc1cc2c(OC)c(N3CCCS3(=O)=O)ccc2o1. The van der Waals surface area contributed by atoms with Gasteiger partial charge in [0.1, 0.15) is 11.3 Å². The van der Waals surface area contributed by atoms with E-state index < -0.39 is 10.0 Å². The second-order valence-electron chi connectivity index (χ2n) is 5.59. The Balaban J connectivity index is 2.08. The van der Waals surface area contributed by atoms with E-state index in [2.05, 4.69) is 6.92 Å². The van der Waals surface area contributed by atoms with Crippen LogP contribution in [0.3, 0.4) is 0 Å². The van der Waals surface area contributed by atoms with Crippen molar-refractivity contribution in [3.63, 3.8) is 0 Å².